The molecule has 2 aromatic rings. The molecule has 0 amide bonds. The normalized spacial score (nSPS) is 30.2. The topological polar surface area (TPSA) is 20.2 Å². The largest absolute Gasteiger partial charge is 0.388 e. The van der Waals surface area contributed by atoms with Gasteiger partial charge in [-0.3, -0.25) is 0 Å². The minimum atomic E-state index is -0.609. The maximum Gasteiger partial charge on any atom is 0.0865 e. The monoisotopic (exact) mass is 250 g/mol. The molecule has 0 saturated carbocycles. The van der Waals surface area contributed by atoms with E-state index in [9.17, 15) is 5.11 Å². The van der Waals surface area contributed by atoms with E-state index in [1.165, 1.54) is 22.3 Å². The van der Waals surface area contributed by atoms with Crippen molar-refractivity contribution in [1.82, 2.24) is 0 Å². The van der Waals surface area contributed by atoms with Crippen LogP contribution in [0.1, 0.15) is 53.9 Å². The fraction of sp³-hybridized carbons (Fsp3) is 0.333. The van der Waals surface area contributed by atoms with E-state index in [1.54, 1.807) is 0 Å². The Labute approximate surface area is 113 Å². The first kappa shape index (κ1) is 11.2. The smallest absolute Gasteiger partial charge is 0.0865 e. The van der Waals surface area contributed by atoms with E-state index < -0.39 is 5.60 Å². The molecule has 0 heterocycles. The Kier molecular flexibility index (Phi) is 2.19. The van der Waals surface area contributed by atoms with Gasteiger partial charge in [-0.25, -0.2) is 0 Å². The predicted molar refractivity (Wildman–Crippen MR) is 76.4 cm³/mol. The van der Waals surface area contributed by atoms with Crippen LogP contribution in [0.15, 0.2) is 48.5 Å². The molecular formula is C18H18O. The van der Waals surface area contributed by atoms with Crippen molar-refractivity contribution in [3.63, 3.8) is 0 Å². The molecule has 0 fully saturated rings. The maximum absolute atomic E-state index is 11.3. The molecule has 0 saturated heterocycles. The average molecular weight is 250 g/mol. The summed E-state index contributed by atoms with van der Waals surface area (Å²) in [5, 5.41) is 11.3. The highest BCUT2D eigenvalue weighted by Crippen LogP contribution is 2.63. The van der Waals surface area contributed by atoms with Crippen LogP contribution in [-0.2, 0) is 0 Å². The Hall–Kier alpha value is -1.60. The third-order valence-electron chi connectivity index (χ3n) is 4.89. The van der Waals surface area contributed by atoms with Crippen LogP contribution in [0.5, 0.6) is 0 Å². The quantitative estimate of drug-likeness (QED) is 0.859. The third kappa shape index (κ3) is 1.24. The molecule has 1 nitrogen and oxygen atoms in total. The minimum absolute atomic E-state index is 0.171. The number of benzene rings is 2. The second-order valence-corrected chi connectivity index (χ2v) is 5.87. The molecule has 0 radical (unpaired) electrons. The zero-order valence-corrected chi connectivity index (χ0v) is 11.1. The summed E-state index contributed by atoms with van der Waals surface area (Å²) in [5.74, 6) is 0.342. The summed E-state index contributed by atoms with van der Waals surface area (Å²) in [7, 11) is 0. The number of hydrogen-bond acceptors (Lipinski definition) is 1. The van der Waals surface area contributed by atoms with Crippen LogP contribution in [0, 0.1) is 0 Å². The summed E-state index contributed by atoms with van der Waals surface area (Å²) < 4.78 is 0. The molecule has 96 valence electrons. The van der Waals surface area contributed by atoms with Gasteiger partial charge in [0.05, 0.1) is 5.60 Å². The Balaban J connectivity index is 1.99. The van der Waals surface area contributed by atoms with Gasteiger partial charge < -0.3 is 5.11 Å². The van der Waals surface area contributed by atoms with Crippen molar-refractivity contribution in [2.75, 3.05) is 0 Å². The summed E-state index contributed by atoms with van der Waals surface area (Å²) >= 11 is 0. The molecule has 0 atom stereocenters. The molecule has 4 rings (SSSR count). The number of aliphatic hydroxyl groups is 1. The van der Waals surface area contributed by atoms with Gasteiger partial charge in [0.2, 0.25) is 0 Å². The van der Waals surface area contributed by atoms with E-state index in [1.807, 2.05) is 0 Å². The highest BCUT2D eigenvalue weighted by Gasteiger charge is 2.58. The Bertz CT molecular complexity index is 546. The van der Waals surface area contributed by atoms with Crippen molar-refractivity contribution >= 4 is 0 Å². The van der Waals surface area contributed by atoms with Crippen LogP contribution >= 0.6 is 0 Å². The highest BCUT2D eigenvalue weighted by molar-refractivity contribution is 5.63. The van der Waals surface area contributed by atoms with Crippen LogP contribution in [0.4, 0.5) is 0 Å². The van der Waals surface area contributed by atoms with Gasteiger partial charge in [0.25, 0.3) is 0 Å². The van der Waals surface area contributed by atoms with Gasteiger partial charge in [0.1, 0.15) is 0 Å². The standard InChI is InChI=1S/C18H18O/c1-2-11-18(19)16-12-7-3-4-8-13(12)17(18)15-10-6-5-9-14(15)16/h3-10,16-17,19H,2,11H2,1H3. The van der Waals surface area contributed by atoms with Crippen LogP contribution in [0.2, 0.25) is 0 Å². The molecule has 2 bridgehead atoms. The average Bonchev–Trinajstić information content (AvgIpc) is 2.83. The highest BCUT2D eigenvalue weighted by atomic mass is 16.3. The molecule has 1 heteroatoms. The van der Waals surface area contributed by atoms with E-state index in [4.69, 9.17) is 0 Å². The molecule has 1 N–H and O–H groups in total. The first-order chi connectivity index (χ1) is 9.27. The first-order valence-electron chi connectivity index (χ1n) is 7.17. The number of fused-ring (bicyclic) bond motifs is 8. The maximum atomic E-state index is 11.3. The summed E-state index contributed by atoms with van der Waals surface area (Å²) in [6.07, 6.45) is 1.89. The lowest BCUT2D eigenvalue weighted by molar-refractivity contribution is 0.0221. The Morgan fingerprint density at radius 3 is 1.53 bits per heavy atom. The van der Waals surface area contributed by atoms with E-state index in [0.29, 0.717) is 0 Å². The Morgan fingerprint density at radius 1 is 0.842 bits per heavy atom. The lowest BCUT2D eigenvalue weighted by Gasteiger charge is -2.28. The van der Waals surface area contributed by atoms with Gasteiger partial charge in [-0.15, -0.1) is 0 Å². The lowest BCUT2D eigenvalue weighted by atomic mass is 9.83. The van der Waals surface area contributed by atoms with Gasteiger partial charge in [0.15, 0.2) is 0 Å². The minimum Gasteiger partial charge on any atom is -0.388 e. The van der Waals surface area contributed by atoms with Crippen LogP contribution < -0.4 is 0 Å². The summed E-state index contributed by atoms with van der Waals surface area (Å²) in [6, 6.07) is 17.1. The number of rotatable bonds is 2. The third-order valence-corrected chi connectivity index (χ3v) is 4.89. The van der Waals surface area contributed by atoms with Gasteiger partial charge in [-0.1, -0.05) is 61.9 Å². The predicted octanol–water partition coefficient (Wildman–Crippen LogP) is 3.81. The van der Waals surface area contributed by atoms with E-state index in [2.05, 4.69) is 55.5 Å². The van der Waals surface area contributed by atoms with Crippen LogP contribution in [-0.4, -0.2) is 10.7 Å². The zero-order chi connectivity index (χ0) is 13.0. The first-order valence-corrected chi connectivity index (χ1v) is 7.17. The molecule has 0 aliphatic heterocycles. The van der Waals surface area contributed by atoms with Gasteiger partial charge in [0, 0.05) is 11.8 Å². The van der Waals surface area contributed by atoms with Crippen molar-refractivity contribution in [3.05, 3.63) is 70.8 Å². The van der Waals surface area contributed by atoms with Crippen LogP contribution in [0.3, 0.4) is 0 Å². The molecule has 0 aromatic heterocycles. The second-order valence-electron chi connectivity index (χ2n) is 5.87. The Morgan fingerprint density at radius 2 is 1.21 bits per heavy atom. The molecule has 2 aliphatic rings. The molecular weight excluding hydrogens is 232 g/mol. The molecule has 19 heavy (non-hydrogen) atoms. The van der Waals surface area contributed by atoms with E-state index in [0.717, 1.165) is 12.8 Å². The van der Waals surface area contributed by atoms with Crippen molar-refractivity contribution in [3.8, 4) is 0 Å². The van der Waals surface area contributed by atoms with Gasteiger partial charge in [-0.05, 0) is 28.7 Å². The van der Waals surface area contributed by atoms with Crippen molar-refractivity contribution in [1.29, 1.82) is 0 Å². The number of hydrogen-bond donors (Lipinski definition) is 1. The van der Waals surface area contributed by atoms with E-state index >= 15 is 0 Å². The SMILES string of the molecule is CCCC1(O)C2c3ccccc3C1c1ccccc12. The van der Waals surface area contributed by atoms with Crippen molar-refractivity contribution < 1.29 is 5.11 Å². The van der Waals surface area contributed by atoms with Crippen molar-refractivity contribution in [2.45, 2.75) is 37.2 Å². The fourth-order valence-corrected chi connectivity index (χ4v) is 4.34. The molecule has 2 aromatic carbocycles. The van der Waals surface area contributed by atoms with Crippen molar-refractivity contribution in [2.24, 2.45) is 0 Å². The van der Waals surface area contributed by atoms with Gasteiger partial charge >= 0.3 is 0 Å². The second kappa shape index (κ2) is 3.71. The molecule has 0 spiro atoms. The summed E-state index contributed by atoms with van der Waals surface area (Å²) in [4.78, 5) is 0. The lowest BCUT2D eigenvalue weighted by Crippen LogP contribution is -2.32. The summed E-state index contributed by atoms with van der Waals surface area (Å²) in [5.41, 5.74) is 4.73. The van der Waals surface area contributed by atoms with Crippen LogP contribution in [0.25, 0.3) is 0 Å². The molecule has 2 aliphatic carbocycles. The molecule has 0 unspecified atom stereocenters. The summed E-state index contributed by atoms with van der Waals surface area (Å²) in [6.45, 7) is 2.16. The fourth-order valence-electron chi connectivity index (χ4n) is 4.34. The van der Waals surface area contributed by atoms with Gasteiger partial charge in [-0.2, -0.15) is 0 Å². The zero-order valence-electron chi connectivity index (χ0n) is 11.1. The van der Waals surface area contributed by atoms with E-state index in [-0.39, 0.29) is 11.8 Å².